The van der Waals surface area contributed by atoms with Crippen LogP contribution in [0.5, 0.6) is 0 Å². The van der Waals surface area contributed by atoms with E-state index in [1.807, 2.05) is 0 Å². The van der Waals surface area contributed by atoms with E-state index in [9.17, 15) is 0 Å². The van der Waals surface area contributed by atoms with Crippen molar-refractivity contribution in [3.8, 4) is 0 Å². The zero-order valence-electron chi connectivity index (χ0n) is 14.9. The number of aromatic nitrogens is 4. The molecule has 0 radical (unpaired) electrons. The Hall–Kier alpha value is -1.82. The van der Waals surface area contributed by atoms with E-state index in [2.05, 4.69) is 51.8 Å². The van der Waals surface area contributed by atoms with Gasteiger partial charge in [-0.15, -0.1) is 0 Å². The third-order valence-corrected chi connectivity index (χ3v) is 5.50. The topological polar surface area (TPSA) is 81.4 Å². The average molecular weight is 328 g/mol. The van der Waals surface area contributed by atoms with Gasteiger partial charge < -0.3 is 10.6 Å². The van der Waals surface area contributed by atoms with Crippen LogP contribution in [-0.4, -0.2) is 33.5 Å². The van der Waals surface area contributed by atoms with Crippen LogP contribution in [0.25, 0.3) is 0 Å². The first-order valence-electron chi connectivity index (χ1n) is 9.21. The van der Waals surface area contributed by atoms with Gasteiger partial charge in [-0.1, -0.05) is 20.8 Å². The lowest BCUT2D eigenvalue weighted by atomic mass is 9.84. The molecular weight excluding hydrogens is 300 g/mol. The Labute approximate surface area is 143 Å². The summed E-state index contributed by atoms with van der Waals surface area (Å²) in [5, 5.41) is 22.5. The van der Waals surface area contributed by atoms with Crippen molar-refractivity contribution >= 4 is 5.82 Å². The van der Waals surface area contributed by atoms with E-state index in [0.717, 1.165) is 38.3 Å². The van der Waals surface area contributed by atoms with Crippen molar-refractivity contribution in [2.24, 2.45) is 5.92 Å². The molecule has 2 aliphatic rings. The Bertz CT molecular complexity index is 713. The summed E-state index contributed by atoms with van der Waals surface area (Å²) in [6, 6.07) is 0. The van der Waals surface area contributed by atoms with E-state index in [0.29, 0.717) is 17.8 Å². The molecule has 0 fully saturated rings. The number of aromatic amines is 2. The highest BCUT2D eigenvalue weighted by molar-refractivity contribution is 5.50. The monoisotopic (exact) mass is 328 g/mol. The third kappa shape index (κ3) is 2.73. The standard InChI is InChI=1S/C18H28N6/c1-10(2)16-14-7-12(8-20-18(14)24-22-16)6-11(3)17-13-4-5-19-9-15(13)21-23-17/h10-12,19H,4-9H2,1-3H3,(H,21,23)(H2,20,22,24). The molecule has 2 atom stereocenters. The summed E-state index contributed by atoms with van der Waals surface area (Å²) in [7, 11) is 0. The van der Waals surface area contributed by atoms with Crippen LogP contribution in [-0.2, 0) is 19.4 Å². The summed E-state index contributed by atoms with van der Waals surface area (Å²) in [5.41, 5.74) is 6.63. The first-order valence-corrected chi connectivity index (χ1v) is 9.21. The zero-order chi connectivity index (χ0) is 16.7. The second kappa shape index (κ2) is 6.24. The number of fused-ring (bicyclic) bond motifs is 2. The number of hydrogen-bond donors (Lipinski definition) is 4. The van der Waals surface area contributed by atoms with Crippen molar-refractivity contribution in [1.29, 1.82) is 0 Å². The number of hydrogen-bond acceptors (Lipinski definition) is 4. The smallest absolute Gasteiger partial charge is 0.124 e. The van der Waals surface area contributed by atoms with Crippen LogP contribution < -0.4 is 10.6 Å². The maximum atomic E-state index is 4.64. The fourth-order valence-electron chi connectivity index (χ4n) is 4.27. The Morgan fingerprint density at radius 1 is 1.08 bits per heavy atom. The van der Waals surface area contributed by atoms with Gasteiger partial charge in [-0.25, -0.2) is 0 Å². The number of nitrogens with zero attached hydrogens (tertiary/aromatic N) is 2. The fourth-order valence-corrected chi connectivity index (χ4v) is 4.27. The number of nitrogens with one attached hydrogen (secondary N) is 4. The molecule has 4 N–H and O–H groups in total. The first kappa shape index (κ1) is 15.7. The molecule has 0 saturated heterocycles. The molecule has 6 heteroatoms. The molecule has 130 valence electrons. The molecule has 2 aromatic rings. The second-order valence-corrected chi connectivity index (χ2v) is 7.70. The molecule has 2 aromatic heterocycles. The van der Waals surface area contributed by atoms with Crippen LogP contribution in [0.15, 0.2) is 0 Å². The SMILES string of the molecule is CC(C)c1n[nH]c2c1CC(CC(C)c1n[nH]c3c1CCNC3)CN2. The first-order chi connectivity index (χ1) is 11.6. The largest absolute Gasteiger partial charge is 0.370 e. The summed E-state index contributed by atoms with van der Waals surface area (Å²) in [5.74, 6) is 2.72. The highest BCUT2D eigenvalue weighted by Gasteiger charge is 2.28. The van der Waals surface area contributed by atoms with Crippen molar-refractivity contribution < 1.29 is 0 Å². The molecule has 0 aliphatic carbocycles. The van der Waals surface area contributed by atoms with E-state index in [4.69, 9.17) is 0 Å². The minimum atomic E-state index is 0.467. The van der Waals surface area contributed by atoms with Gasteiger partial charge in [-0.2, -0.15) is 10.2 Å². The quantitative estimate of drug-likeness (QED) is 0.695. The molecular formula is C18H28N6. The van der Waals surface area contributed by atoms with E-state index in [1.165, 1.54) is 34.6 Å². The number of anilines is 1. The summed E-state index contributed by atoms with van der Waals surface area (Å²) in [6.45, 7) is 9.76. The molecule has 2 aliphatic heterocycles. The van der Waals surface area contributed by atoms with Crippen molar-refractivity contribution in [2.45, 2.75) is 58.4 Å². The van der Waals surface area contributed by atoms with E-state index in [1.54, 1.807) is 0 Å². The van der Waals surface area contributed by atoms with Crippen LogP contribution in [0.2, 0.25) is 0 Å². The Morgan fingerprint density at radius 2 is 1.92 bits per heavy atom. The molecule has 0 saturated carbocycles. The Kier molecular flexibility index (Phi) is 4.08. The lowest BCUT2D eigenvalue weighted by Gasteiger charge is -2.27. The van der Waals surface area contributed by atoms with Gasteiger partial charge in [0.05, 0.1) is 17.1 Å². The predicted octanol–water partition coefficient (Wildman–Crippen LogP) is 2.68. The van der Waals surface area contributed by atoms with Gasteiger partial charge in [0.25, 0.3) is 0 Å². The summed E-state index contributed by atoms with van der Waals surface area (Å²) in [4.78, 5) is 0. The molecule has 4 heterocycles. The van der Waals surface area contributed by atoms with Crippen LogP contribution in [0.3, 0.4) is 0 Å². The van der Waals surface area contributed by atoms with Crippen LogP contribution in [0, 0.1) is 5.92 Å². The Balaban J connectivity index is 1.48. The summed E-state index contributed by atoms with van der Waals surface area (Å²) in [6.07, 6.45) is 3.38. The van der Waals surface area contributed by atoms with Crippen LogP contribution in [0.1, 0.15) is 67.2 Å². The highest BCUT2D eigenvalue weighted by Crippen LogP contribution is 2.34. The zero-order valence-corrected chi connectivity index (χ0v) is 14.9. The van der Waals surface area contributed by atoms with Crippen molar-refractivity contribution in [1.82, 2.24) is 25.7 Å². The van der Waals surface area contributed by atoms with E-state index >= 15 is 0 Å². The maximum absolute atomic E-state index is 4.64. The second-order valence-electron chi connectivity index (χ2n) is 7.70. The molecule has 0 amide bonds. The lowest BCUT2D eigenvalue weighted by molar-refractivity contribution is 0.447. The summed E-state index contributed by atoms with van der Waals surface area (Å²) >= 11 is 0. The molecule has 0 bridgehead atoms. The molecule has 24 heavy (non-hydrogen) atoms. The maximum Gasteiger partial charge on any atom is 0.124 e. The molecule has 0 aromatic carbocycles. The van der Waals surface area contributed by atoms with Crippen molar-refractivity contribution in [3.05, 3.63) is 28.2 Å². The number of rotatable bonds is 4. The van der Waals surface area contributed by atoms with Crippen LogP contribution >= 0.6 is 0 Å². The molecule has 6 nitrogen and oxygen atoms in total. The van der Waals surface area contributed by atoms with Crippen molar-refractivity contribution in [2.75, 3.05) is 18.4 Å². The van der Waals surface area contributed by atoms with Crippen LogP contribution in [0.4, 0.5) is 5.82 Å². The molecule has 2 unspecified atom stereocenters. The minimum absolute atomic E-state index is 0.467. The minimum Gasteiger partial charge on any atom is -0.370 e. The third-order valence-electron chi connectivity index (χ3n) is 5.50. The van der Waals surface area contributed by atoms with Gasteiger partial charge >= 0.3 is 0 Å². The van der Waals surface area contributed by atoms with Crippen molar-refractivity contribution in [3.63, 3.8) is 0 Å². The van der Waals surface area contributed by atoms with Gasteiger partial charge in [0.2, 0.25) is 0 Å². The fraction of sp³-hybridized carbons (Fsp3) is 0.667. The normalized spacial score (nSPS) is 21.2. The average Bonchev–Trinajstić information content (AvgIpc) is 3.18. The highest BCUT2D eigenvalue weighted by atomic mass is 15.2. The predicted molar refractivity (Wildman–Crippen MR) is 95.4 cm³/mol. The van der Waals surface area contributed by atoms with E-state index < -0.39 is 0 Å². The Morgan fingerprint density at radius 3 is 2.75 bits per heavy atom. The van der Waals surface area contributed by atoms with Gasteiger partial charge in [0, 0.05) is 24.6 Å². The van der Waals surface area contributed by atoms with Gasteiger partial charge in [0.1, 0.15) is 5.82 Å². The number of H-pyrrole nitrogens is 2. The molecule has 0 spiro atoms. The van der Waals surface area contributed by atoms with E-state index in [-0.39, 0.29) is 0 Å². The lowest BCUT2D eigenvalue weighted by Crippen LogP contribution is -2.26. The molecule has 4 rings (SSSR count). The van der Waals surface area contributed by atoms with Gasteiger partial charge in [-0.3, -0.25) is 10.2 Å². The summed E-state index contributed by atoms with van der Waals surface area (Å²) < 4.78 is 0. The van der Waals surface area contributed by atoms with Gasteiger partial charge in [-0.05, 0) is 43.2 Å². The van der Waals surface area contributed by atoms with Gasteiger partial charge in [0.15, 0.2) is 0 Å².